The number of rotatable bonds is 4. The zero-order valence-electron chi connectivity index (χ0n) is 7.27. The first-order chi connectivity index (χ1) is 4.63. The second-order valence-corrected chi connectivity index (χ2v) is 2.76. The molecule has 0 aliphatic heterocycles. The summed E-state index contributed by atoms with van der Waals surface area (Å²) in [4.78, 5) is 10.9. The molecular formula is C8H17NO. The Bertz CT molecular complexity index is 112. The molecule has 1 unspecified atom stereocenters. The lowest BCUT2D eigenvalue weighted by molar-refractivity contribution is -0.119. The summed E-state index contributed by atoms with van der Waals surface area (Å²) in [5.74, 6) is 0.680. The van der Waals surface area contributed by atoms with Gasteiger partial charge in [0.05, 0.1) is 6.04 Å². The largest absolute Gasteiger partial charge is 0.310 e. The fraction of sp³-hybridized carbons (Fsp3) is 0.875. The molecule has 0 aromatic rings. The first-order valence-corrected chi connectivity index (χ1v) is 3.81. The van der Waals surface area contributed by atoms with Gasteiger partial charge in [0.15, 0.2) is 0 Å². The Morgan fingerprint density at radius 2 is 2.10 bits per heavy atom. The summed E-state index contributed by atoms with van der Waals surface area (Å²) in [6.07, 6.45) is 1.05. The first kappa shape index (κ1) is 9.63. The van der Waals surface area contributed by atoms with Crippen LogP contribution in [0.1, 0.15) is 27.2 Å². The molecule has 0 aromatic heterocycles. The third-order valence-corrected chi connectivity index (χ3v) is 1.96. The number of hydrogen-bond donors (Lipinski definition) is 1. The van der Waals surface area contributed by atoms with Gasteiger partial charge in [-0.15, -0.1) is 0 Å². The van der Waals surface area contributed by atoms with Gasteiger partial charge in [-0.05, 0) is 19.9 Å². The molecule has 0 heterocycles. The van der Waals surface area contributed by atoms with Crippen molar-refractivity contribution in [2.75, 3.05) is 7.05 Å². The quantitative estimate of drug-likeness (QED) is 0.641. The smallest absolute Gasteiger partial charge is 0.146 e. The fourth-order valence-electron chi connectivity index (χ4n) is 1.12. The molecule has 0 amide bonds. The van der Waals surface area contributed by atoms with Crippen LogP contribution in [0.25, 0.3) is 0 Å². The second-order valence-electron chi connectivity index (χ2n) is 2.76. The van der Waals surface area contributed by atoms with E-state index in [0.717, 1.165) is 6.42 Å². The highest BCUT2D eigenvalue weighted by Gasteiger charge is 2.17. The molecule has 0 rings (SSSR count). The molecule has 2 nitrogen and oxygen atoms in total. The van der Waals surface area contributed by atoms with E-state index in [1.807, 2.05) is 7.05 Å². The van der Waals surface area contributed by atoms with Gasteiger partial charge >= 0.3 is 0 Å². The monoisotopic (exact) mass is 143 g/mol. The molecule has 0 aliphatic rings. The summed E-state index contributed by atoms with van der Waals surface area (Å²) in [5.41, 5.74) is 0. The SMILES string of the molecule is CCC(C)[C@@H](NC)C(C)=O. The number of hydrogen-bond acceptors (Lipinski definition) is 2. The van der Waals surface area contributed by atoms with Gasteiger partial charge in [0, 0.05) is 0 Å². The average molecular weight is 143 g/mol. The Kier molecular flexibility index (Phi) is 4.28. The summed E-state index contributed by atoms with van der Waals surface area (Å²) in [7, 11) is 1.83. The minimum Gasteiger partial charge on any atom is -0.310 e. The number of ketones is 1. The molecule has 0 aromatic carbocycles. The number of carbonyl (C=O) groups excluding carboxylic acids is 1. The molecule has 0 fully saturated rings. The van der Waals surface area contributed by atoms with Crippen LogP contribution in [0.2, 0.25) is 0 Å². The van der Waals surface area contributed by atoms with Gasteiger partial charge in [-0.25, -0.2) is 0 Å². The van der Waals surface area contributed by atoms with E-state index in [2.05, 4.69) is 19.2 Å². The van der Waals surface area contributed by atoms with Gasteiger partial charge < -0.3 is 5.32 Å². The third kappa shape index (κ3) is 2.48. The first-order valence-electron chi connectivity index (χ1n) is 3.81. The summed E-state index contributed by atoms with van der Waals surface area (Å²) in [5, 5.41) is 3.00. The van der Waals surface area contributed by atoms with Crippen molar-refractivity contribution >= 4 is 5.78 Å². The highest BCUT2D eigenvalue weighted by atomic mass is 16.1. The molecular weight excluding hydrogens is 126 g/mol. The van der Waals surface area contributed by atoms with E-state index in [9.17, 15) is 4.79 Å². The van der Waals surface area contributed by atoms with Crippen molar-refractivity contribution < 1.29 is 4.79 Å². The molecule has 0 bridgehead atoms. The van der Waals surface area contributed by atoms with Crippen LogP contribution in [0.4, 0.5) is 0 Å². The van der Waals surface area contributed by atoms with E-state index in [0.29, 0.717) is 5.92 Å². The number of carbonyl (C=O) groups is 1. The molecule has 0 aliphatic carbocycles. The van der Waals surface area contributed by atoms with Crippen molar-refractivity contribution in [3.8, 4) is 0 Å². The van der Waals surface area contributed by atoms with E-state index in [-0.39, 0.29) is 11.8 Å². The summed E-state index contributed by atoms with van der Waals surface area (Å²) in [6.45, 7) is 5.81. The normalized spacial score (nSPS) is 16.4. The van der Waals surface area contributed by atoms with Crippen LogP contribution in [-0.2, 0) is 4.79 Å². The van der Waals surface area contributed by atoms with Crippen molar-refractivity contribution in [2.45, 2.75) is 33.2 Å². The maximum Gasteiger partial charge on any atom is 0.146 e. The van der Waals surface area contributed by atoms with E-state index in [4.69, 9.17) is 0 Å². The summed E-state index contributed by atoms with van der Waals surface area (Å²) in [6, 6.07) is 0.0463. The maximum atomic E-state index is 10.9. The lowest BCUT2D eigenvalue weighted by Crippen LogP contribution is -2.37. The molecule has 60 valence electrons. The highest BCUT2D eigenvalue weighted by Crippen LogP contribution is 2.07. The third-order valence-electron chi connectivity index (χ3n) is 1.96. The van der Waals surface area contributed by atoms with Gasteiger partial charge in [0.2, 0.25) is 0 Å². The van der Waals surface area contributed by atoms with Crippen molar-refractivity contribution in [3.05, 3.63) is 0 Å². The van der Waals surface area contributed by atoms with E-state index in [1.165, 1.54) is 0 Å². The highest BCUT2D eigenvalue weighted by molar-refractivity contribution is 5.81. The summed E-state index contributed by atoms with van der Waals surface area (Å²) < 4.78 is 0. The van der Waals surface area contributed by atoms with E-state index < -0.39 is 0 Å². The average Bonchev–Trinajstić information content (AvgIpc) is 1.88. The lowest BCUT2D eigenvalue weighted by Gasteiger charge is -2.18. The van der Waals surface area contributed by atoms with E-state index in [1.54, 1.807) is 6.92 Å². The molecule has 0 saturated carbocycles. The Hall–Kier alpha value is -0.370. The predicted octanol–water partition coefficient (Wildman–Crippen LogP) is 1.21. The van der Waals surface area contributed by atoms with Crippen LogP contribution in [0.5, 0.6) is 0 Å². The Morgan fingerprint density at radius 3 is 2.20 bits per heavy atom. The zero-order chi connectivity index (χ0) is 8.15. The van der Waals surface area contributed by atoms with Crippen LogP contribution >= 0.6 is 0 Å². The Balaban J connectivity index is 3.92. The number of nitrogens with one attached hydrogen (secondary N) is 1. The molecule has 0 radical (unpaired) electrons. The van der Waals surface area contributed by atoms with Gasteiger partial charge in [-0.3, -0.25) is 4.79 Å². The maximum absolute atomic E-state index is 10.9. The van der Waals surface area contributed by atoms with Crippen LogP contribution in [0.3, 0.4) is 0 Å². The topological polar surface area (TPSA) is 29.1 Å². The minimum atomic E-state index is 0.0463. The zero-order valence-corrected chi connectivity index (χ0v) is 7.27. The van der Waals surface area contributed by atoms with E-state index >= 15 is 0 Å². The fourth-order valence-corrected chi connectivity index (χ4v) is 1.12. The van der Waals surface area contributed by atoms with Crippen molar-refractivity contribution in [3.63, 3.8) is 0 Å². The Morgan fingerprint density at radius 1 is 1.60 bits per heavy atom. The van der Waals surface area contributed by atoms with Crippen molar-refractivity contribution in [2.24, 2.45) is 5.92 Å². The number of Topliss-reactive ketones (excluding diaryl/α,β-unsaturated/α-hetero) is 1. The predicted molar refractivity (Wildman–Crippen MR) is 43.0 cm³/mol. The lowest BCUT2D eigenvalue weighted by atomic mass is 9.96. The second kappa shape index (κ2) is 4.45. The van der Waals surface area contributed by atoms with Crippen LogP contribution in [0, 0.1) is 5.92 Å². The van der Waals surface area contributed by atoms with Gasteiger partial charge in [-0.1, -0.05) is 20.3 Å². The summed E-state index contributed by atoms with van der Waals surface area (Å²) >= 11 is 0. The van der Waals surface area contributed by atoms with Crippen LogP contribution in [-0.4, -0.2) is 18.9 Å². The van der Waals surface area contributed by atoms with Crippen molar-refractivity contribution in [1.82, 2.24) is 5.32 Å². The molecule has 0 saturated heterocycles. The van der Waals surface area contributed by atoms with Gasteiger partial charge in [0.1, 0.15) is 5.78 Å². The molecule has 2 atom stereocenters. The molecule has 0 spiro atoms. The number of likely N-dealkylation sites (N-methyl/N-ethyl adjacent to an activating group) is 1. The standard InChI is InChI=1S/C8H17NO/c1-5-6(2)8(9-4)7(3)10/h6,8-9H,5H2,1-4H3/t6?,8-/m1/s1. The molecule has 2 heteroatoms. The molecule has 1 N–H and O–H groups in total. The van der Waals surface area contributed by atoms with Gasteiger partial charge in [0.25, 0.3) is 0 Å². The van der Waals surface area contributed by atoms with Gasteiger partial charge in [-0.2, -0.15) is 0 Å². The van der Waals surface area contributed by atoms with Crippen LogP contribution < -0.4 is 5.32 Å². The van der Waals surface area contributed by atoms with Crippen LogP contribution in [0.15, 0.2) is 0 Å². The molecule has 10 heavy (non-hydrogen) atoms. The Labute approximate surface area is 63.0 Å². The van der Waals surface area contributed by atoms with Crippen molar-refractivity contribution in [1.29, 1.82) is 0 Å². The minimum absolute atomic E-state index is 0.0463.